The van der Waals surface area contributed by atoms with Gasteiger partial charge in [0.25, 0.3) is 0 Å². The second-order valence-corrected chi connectivity index (χ2v) is 9.79. The summed E-state index contributed by atoms with van der Waals surface area (Å²) in [7, 11) is 3.15. The molecule has 0 heterocycles. The summed E-state index contributed by atoms with van der Waals surface area (Å²) < 4.78 is 10.4. The summed E-state index contributed by atoms with van der Waals surface area (Å²) in [4.78, 5) is 39.3. The molecular formula is C29H33NO6. The van der Waals surface area contributed by atoms with Crippen molar-refractivity contribution in [2.45, 2.75) is 50.5 Å². The number of methoxy groups -OCH3 is 2. The Kier molecular flexibility index (Phi) is 8.18. The maximum Gasteiger partial charge on any atom is 0.224 e. The number of benzene rings is 2. The van der Waals surface area contributed by atoms with Crippen LogP contribution in [0, 0.1) is 27.9 Å². The molecule has 0 amide bonds. The molecule has 0 spiro atoms. The number of rotatable bonds is 8. The average Bonchev–Trinajstić information content (AvgIpc) is 2.91. The van der Waals surface area contributed by atoms with Crippen molar-refractivity contribution in [2.24, 2.45) is 17.8 Å². The van der Waals surface area contributed by atoms with Gasteiger partial charge in [0.2, 0.25) is 6.04 Å². The third kappa shape index (κ3) is 5.50. The van der Waals surface area contributed by atoms with Gasteiger partial charge in [-0.2, -0.15) is 0 Å². The molecule has 4 unspecified atom stereocenters. The molecule has 0 N–H and O–H groups in total. The first kappa shape index (κ1) is 25.6. The van der Waals surface area contributed by atoms with Crippen molar-refractivity contribution >= 4 is 17.6 Å². The molecule has 7 heteroatoms. The minimum atomic E-state index is -0.998. The van der Waals surface area contributed by atoms with Crippen molar-refractivity contribution in [3.63, 3.8) is 0 Å². The van der Waals surface area contributed by atoms with E-state index in [-0.39, 0.29) is 28.8 Å². The first-order valence-electron chi connectivity index (χ1n) is 12.6. The van der Waals surface area contributed by atoms with Crippen LogP contribution in [0.15, 0.2) is 54.6 Å². The van der Waals surface area contributed by atoms with Crippen LogP contribution in [-0.2, 0) is 9.59 Å². The minimum absolute atomic E-state index is 0.0199. The van der Waals surface area contributed by atoms with E-state index in [2.05, 4.69) is 0 Å². The van der Waals surface area contributed by atoms with Crippen LogP contribution in [0.2, 0.25) is 0 Å². The summed E-state index contributed by atoms with van der Waals surface area (Å²) in [6.07, 6.45) is 7.71. The van der Waals surface area contributed by atoms with E-state index in [1.807, 2.05) is 12.1 Å². The van der Waals surface area contributed by atoms with Crippen molar-refractivity contribution < 1.29 is 24.0 Å². The zero-order chi connectivity index (χ0) is 25.7. The number of ketones is 2. The summed E-state index contributed by atoms with van der Waals surface area (Å²) in [5, 5.41) is 12.6. The highest BCUT2D eigenvalue weighted by molar-refractivity contribution is 6.10. The Morgan fingerprint density at radius 1 is 0.944 bits per heavy atom. The number of ether oxygens (including phenoxy) is 2. The molecule has 2 saturated carbocycles. The second kappa shape index (κ2) is 11.5. The lowest BCUT2D eigenvalue weighted by Crippen LogP contribution is -2.52. The van der Waals surface area contributed by atoms with E-state index in [1.165, 1.54) is 6.08 Å². The Bertz CT molecular complexity index is 1100. The smallest absolute Gasteiger partial charge is 0.224 e. The van der Waals surface area contributed by atoms with Crippen LogP contribution in [0.4, 0.5) is 0 Å². The summed E-state index contributed by atoms with van der Waals surface area (Å²) in [5.41, 5.74) is 1.54. The fraction of sp³-hybridized carbons (Fsp3) is 0.448. The predicted molar refractivity (Wildman–Crippen MR) is 137 cm³/mol. The Balaban J connectivity index is 1.68. The highest BCUT2D eigenvalue weighted by Crippen LogP contribution is 2.47. The number of nitro groups is 1. The van der Waals surface area contributed by atoms with Crippen molar-refractivity contribution in [3.8, 4) is 11.5 Å². The van der Waals surface area contributed by atoms with Gasteiger partial charge in [0.05, 0.1) is 26.1 Å². The molecule has 0 aromatic heterocycles. The molecule has 0 bridgehead atoms. The molecule has 2 aliphatic carbocycles. The van der Waals surface area contributed by atoms with Gasteiger partial charge >= 0.3 is 0 Å². The molecule has 36 heavy (non-hydrogen) atoms. The van der Waals surface area contributed by atoms with E-state index in [0.29, 0.717) is 11.5 Å². The van der Waals surface area contributed by atoms with Crippen LogP contribution in [0.1, 0.15) is 55.6 Å². The fourth-order valence-corrected chi connectivity index (χ4v) is 6.01. The lowest BCUT2D eigenvalue weighted by atomic mass is 9.60. The van der Waals surface area contributed by atoms with Gasteiger partial charge in [-0.15, -0.1) is 0 Å². The van der Waals surface area contributed by atoms with E-state index in [1.54, 1.807) is 56.7 Å². The zero-order valence-electron chi connectivity index (χ0n) is 20.8. The Labute approximate surface area is 211 Å². The standard InChI is InChI=1S/C29H33NO6/c1-35-22-13-8-19(9-14-22)10-17-25(31)28-26(32)18-24(20-11-15-23(36-2)16-12-20)29(30(33)34)27(28)21-6-4-3-5-7-21/h8-17,21,24,27-29H,3-7,18H2,1-2H3. The quantitative estimate of drug-likeness (QED) is 0.209. The van der Waals surface area contributed by atoms with Crippen LogP contribution in [-0.4, -0.2) is 36.8 Å². The van der Waals surface area contributed by atoms with Gasteiger partial charge in [-0.1, -0.05) is 49.6 Å². The maximum atomic E-state index is 13.5. The highest BCUT2D eigenvalue weighted by atomic mass is 16.6. The van der Waals surface area contributed by atoms with Crippen LogP contribution in [0.25, 0.3) is 6.08 Å². The summed E-state index contributed by atoms with van der Waals surface area (Å²) in [5.74, 6) is -1.40. The van der Waals surface area contributed by atoms with E-state index in [0.717, 1.165) is 43.2 Å². The summed E-state index contributed by atoms with van der Waals surface area (Å²) in [6.45, 7) is 0. The minimum Gasteiger partial charge on any atom is -0.497 e. The molecule has 4 atom stereocenters. The fourth-order valence-electron chi connectivity index (χ4n) is 6.01. The second-order valence-electron chi connectivity index (χ2n) is 9.79. The molecule has 4 rings (SSSR count). The van der Waals surface area contributed by atoms with E-state index < -0.39 is 23.8 Å². The van der Waals surface area contributed by atoms with Crippen molar-refractivity contribution in [3.05, 3.63) is 75.8 Å². The first-order valence-corrected chi connectivity index (χ1v) is 12.6. The third-order valence-electron chi connectivity index (χ3n) is 7.80. The molecule has 0 aliphatic heterocycles. The Morgan fingerprint density at radius 3 is 2.08 bits per heavy atom. The average molecular weight is 492 g/mol. The van der Waals surface area contributed by atoms with Crippen LogP contribution < -0.4 is 9.47 Å². The number of hydrogen-bond donors (Lipinski definition) is 0. The van der Waals surface area contributed by atoms with E-state index in [4.69, 9.17) is 9.47 Å². The lowest BCUT2D eigenvalue weighted by molar-refractivity contribution is -0.541. The van der Waals surface area contributed by atoms with Gasteiger partial charge < -0.3 is 9.47 Å². The van der Waals surface area contributed by atoms with Crippen molar-refractivity contribution in [1.82, 2.24) is 0 Å². The highest BCUT2D eigenvalue weighted by Gasteiger charge is 2.55. The van der Waals surface area contributed by atoms with Crippen molar-refractivity contribution in [1.29, 1.82) is 0 Å². The molecule has 2 aromatic rings. The monoisotopic (exact) mass is 491 g/mol. The normalized spacial score (nSPS) is 25.0. The van der Waals surface area contributed by atoms with E-state index >= 15 is 0 Å². The lowest BCUT2D eigenvalue weighted by Gasteiger charge is -2.41. The maximum absolute atomic E-state index is 13.5. The number of nitrogens with zero attached hydrogens (tertiary/aromatic N) is 1. The number of allylic oxidation sites excluding steroid dienone is 1. The molecular weight excluding hydrogens is 458 g/mol. The SMILES string of the molecule is COc1ccc(C=CC(=O)C2C(=O)CC(c3ccc(OC)cc3)C([N+](=O)[O-])C2C2CCCCC2)cc1. The van der Waals surface area contributed by atoms with Crippen LogP contribution in [0.5, 0.6) is 11.5 Å². The molecule has 190 valence electrons. The molecule has 0 radical (unpaired) electrons. The van der Waals surface area contributed by atoms with E-state index in [9.17, 15) is 19.7 Å². The predicted octanol–water partition coefficient (Wildman–Crippen LogP) is 5.50. The molecule has 0 saturated heterocycles. The first-order chi connectivity index (χ1) is 17.4. The third-order valence-corrected chi connectivity index (χ3v) is 7.80. The number of hydrogen-bond acceptors (Lipinski definition) is 6. The topological polar surface area (TPSA) is 95.7 Å². The van der Waals surface area contributed by atoms with Gasteiger partial charge in [-0.05, 0) is 60.2 Å². The van der Waals surface area contributed by atoms with Gasteiger partial charge in [0.15, 0.2) is 5.78 Å². The van der Waals surface area contributed by atoms with Gasteiger partial charge in [-0.25, -0.2) is 0 Å². The zero-order valence-corrected chi connectivity index (χ0v) is 20.8. The Hall–Kier alpha value is -3.48. The summed E-state index contributed by atoms with van der Waals surface area (Å²) >= 11 is 0. The Morgan fingerprint density at radius 2 is 1.53 bits per heavy atom. The van der Waals surface area contributed by atoms with Gasteiger partial charge in [-0.3, -0.25) is 19.7 Å². The number of carbonyl (C=O) groups is 2. The van der Waals surface area contributed by atoms with Gasteiger partial charge in [0.1, 0.15) is 17.3 Å². The van der Waals surface area contributed by atoms with Crippen molar-refractivity contribution in [2.75, 3.05) is 14.2 Å². The molecule has 2 aromatic carbocycles. The molecule has 2 fully saturated rings. The van der Waals surface area contributed by atoms with Gasteiger partial charge in [0, 0.05) is 17.3 Å². The number of Topliss-reactive ketones (excluding diaryl/α,β-unsaturated/α-hetero) is 1. The van der Waals surface area contributed by atoms with Crippen LogP contribution in [0.3, 0.4) is 0 Å². The largest absolute Gasteiger partial charge is 0.497 e. The summed E-state index contributed by atoms with van der Waals surface area (Å²) in [6, 6.07) is 13.4. The molecule has 7 nitrogen and oxygen atoms in total. The number of carbonyl (C=O) groups excluding carboxylic acids is 2. The van der Waals surface area contributed by atoms with Crippen LogP contribution >= 0.6 is 0 Å². The molecule has 2 aliphatic rings.